The molecule has 1 atom stereocenters. The molecule has 2 aliphatic carbocycles. The molecule has 2 N–H and O–H groups in total. The van der Waals surface area contributed by atoms with Crippen LogP contribution in [0.4, 0.5) is 0 Å². The number of hydrogen-bond acceptors (Lipinski definition) is 3. The lowest BCUT2D eigenvalue weighted by atomic mass is 10.0. The van der Waals surface area contributed by atoms with Crippen molar-refractivity contribution in [1.82, 2.24) is 14.9 Å². The lowest BCUT2D eigenvalue weighted by molar-refractivity contribution is 0.226. The van der Waals surface area contributed by atoms with E-state index >= 15 is 0 Å². The van der Waals surface area contributed by atoms with Crippen molar-refractivity contribution in [3.63, 3.8) is 0 Å². The van der Waals surface area contributed by atoms with E-state index in [0.29, 0.717) is 6.04 Å². The predicted octanol–water partition coefficient (Wildman–Crippen LogP) is 1.18. The Bertz CT molecular complexity index is 423. The molecule has 2 aliphatic rings. The zero-order valence-electron chi connectivity index (χ0n) is 11.2. The Morgan fingerprint density at radius 3 is 2.89 bits per heavy atom. The van der Waals surface area contributed by atoms with Crippen molar-refractivity contribution >= 4 is 0 Å². The third kappa shape index (κ3) is 2.45. The minimum atomic E-state index is 0.177. The standard InChI is InChI=1S/C14H23N3O/c1-10-15-13-4-2-3-5-14(13)17(10)8-12(9-18)16-11-6-7-11/h11-12,16,18H,2-9H2,1H3. The maximum Gasteiger partial charge on any atom is 0.106 e. The van der Waals surface area contributed by atoms with Crippen LogP contribution in [0.5, 0.6) is 0 Å². The molecule has 1 fully saturated rings. The van der Waals surface area contributed by atoms with Gasteiger partial charge in [0.15, 0.2) is 0 Å². The fourth-order valence-electron chi connectivity index (χ4n) is 2.94. The van der Waals surface area contributed by atoms with Crippen LogP contribution >= 0.6 is 0 Å². The average Bonchev–Trinajstić information content (AvgIpc) is 3.13. The highest BCUT2D eigenvalue weighted by molar-refractivity contribution is 5.20. The first-order valence-corrected chi connectivity index (χ1v) is 7.19. The lowest BCUT2D eigenvalue weighted by Gasteiger charge is -2.20. The fraction of sp³-hybridized carbons (Fsp3) is 0.786. The lowest BCUT2D eigenvalue weighted by Crippen LogP contribution is -2.38. The van der Waals surface area contributed by atoms with Gasteiger partial charge < -0.3 is 15.0 Å². The number of aromatic nitrogens is 2. The number of imidazole rings is 1. The Labute approximate surface area is 108 Å². The summed E-state index contributed by atoms with van der Waals surface area (Å²) in [4.78, 5) is 4.69. The summed E-state index contributed by atoms with van der Waals surface area (Å²) < 4.78 is 2.32. The summed E-state index contributed by atoms with van der Waals surface area (Å²) in [6.07, 6.45) is 7.35. The van der Waals surface area contributed by atoms with Gasteiger partial charge in [0.25, 0.3) is 0 Å². The van der Waals surface area contributed by atoms with Gasteiger partial charge in [0.2, 0.25) is 0 Å². The van der Waals surface area contributed by atoms with Gasteiger partial charge in [0.1, 0.15) is 5.82 Å². The van der Waals surface area contributed by atoms with Gasteiger partial charge in [-0.15, -0.1) is 0 Å². The molecule has 18 heavy (non-hydrogen) atoms. The molecule has 1 heterocycles. The Morgan fingerprint density at radius 1 is 1.39 bits per heavy atom. The molecule has 0 aromatic carbocycles. The van der Waals surface area contributed by atoms with Crippen molar-refractivity contribution in [2.75, 3.05) is 6.61 Å². The molecule has 0 saturated heterocycles. The highest BCUT2D eigenvalue weighted by Crippen LogP contribution is 2.23. The second-order valence-electron chi connectivity index (χ2n) is 5.69. The van der Waals surface area contributed by atoms with Crippen LogP contribution in [-0.4, -0.2) is 33.3 Å². The number of aliphatic hydroxyl groups excluding tert-OH is 1. The first kappa shape index (κ1) is 12.2. The molecule has 4 nitrogen and oxygen atoms in total. The van der Waals surface area contributed by atoms with Gasteiger partial charge >= 0.3 is 0 Å². The number of hydrogen-bond donors (Lipinski definition) is 2. The van der Waals surface area contributed by atoms with Crippen LogP contribution in [-0.2, 0) is 19.4 Å². The first-order valence-electron chi connectivity index (χ1n) is 7.19. The quantitative estimate of drug-likeness (QED) is 0.824. The van der Waals surface area contributed by atoms with Crippen LogP contribution in [0.25, 0.3) is 0 Å². The largest absolute Gasteiger partial charge is 0.395 e. The van der Waals surface area contributed by atoms with Crippen molar-refractivity contribution < 1.29 is 5.11 Å². The van der Waals surface area contributed by atoms with Gasteiger partial charge in [0.05, 0.1) is 12.3 Å². The maximum absolute atomic E-state index is 9.50. The number of fused-ring (bicyclic) bond motifs is 1. The van der Waals surface area contributed by atoms with E-state index in [2.05, 4.69) is 21.8 Å². The number of nitrogens with one attached hydrogen (secondary N) is 1. The van der Waals surface area contributed by atoms with E-state index < -0.39 is 0 Å². The Kier molecular flexibility index (Phi) is 3.39. The molecule has 0 spiro atoms. The summed E-state index contributed by atoms with van der Waals surface area (Å²) in [5, 5.41) is 13.0. The molecular weight excluding hydrogens is 226 g/mol. The summed E-state index contributed by atoms with van der Waals surface area (Å²) in [5.74, 6) is 1.11. The minimum Gasteiger partial charge on any atom is -0.395 e. The zero-order chi connectivity index (χ0) is 12.5. The second-order valence-corrected chi connectivity index (χ2v) is 5.69. The van der Waals surface area contributed by atoms with Crippen LogP contribution in [0.1, 0.15) is 42.9 Å². The smallest absolute Gasteiger partial charge is 0.106 e. The normalized spacial score (nSPS) is 20.8. The topological polar surface area (TPSA) is 50.1 Å². The molecule has 0 bridgehead atoms. The fourth-order valence-corrected chi connectivity index (χ4v) is 2.94. The molecule has 1 aromatic rings. The first-order chi connectivity index (χ1) is 8.78. The van der Waals surface area contributed by atoms with E-state index in [1.807, 2.05) is 0 Å². The Hall–Kier alpha value is -0.870. The molecule has 100 valence electrons. The predicted molar refractivity (Wildman–Crippen MR) is 70.6 cm³/mol. The zero-order valence-corrected chi connectivity index (χ0v) is 11.2. The van der Waals surface area contributed by atoms with Crippen LogP contribution < -0.4 is 5.32 Å². The van der Waals surface area contributed by atoms with Gasteiger partial charge in [-0.05, 0) is 45.4 Å². The van der Waals surface area contributed by atoms with E-state index in [-0.39, 0.29) is 12.6 Å². The van der Waals surface area contributed by atoms with E-state index in [9.17, 15) is 5.11 Å². The van der Waals surface area contributed by atoms with Crippen LogP contribution in [0, 0.1) is 6.92 Å². The molecule has 1 aromatic heterocycles. The van der Waals surface area contributed by atoms with Gasteiger partial charge in [-0.25, -0.2) is 4.98 Å². The van der Waals surface area contributed by atoms with E-state index in [0.717, 1.165) is 25.2 Å². The van der Waals surface area contributed by atoms with Gasteiger partial charge in [-0.2, -0.15) is 0 Å². The van der Waals surface area contributed by atoms with E-state index in [4.69, 9.17) is 0 Å². The molecular formula is C14H23N3O. The molecule has 3 rings (SSSR count). The third-order valence-corrected chi connectivity index (χ3v) is 4.10. The van der Waals surface area contributed by atoms with E-state index in [1.165, 1.54) is 37.1 Å². The summed E-state index contributed by atoms with van der Waals surface area (Å²) in [6.45, 7) is 3.16. The van der Waals surface area contributed by atoms with Crippen molar-refractivity contribution in [3.8, 4) is 0 Å². The van der Waals surface area contributed by atoms with Crippen molar-refractivity contribution in [1.29, 1.82) is 0 Å². The van der Waals surface area contributed by atoms with Crippen molar-refractivity contribution in [3.05, 3.63) is 17.2 Å². The van der Waals surface area contributed by atoms with Crippen LogP contribution in [0.15, 0.2) is 0 Å². The van der Waals surface area contributed by atoms with Crippen molar-refractivity contribution in [2.45, 2.75) is 64.1 Å². The van der Waals surface area contributed by atoms with Crippen LogP contribution in [0.3, 0.4) is 0 Å². The average molecular weight is 249 g/mol. The summed E-state index contributed by atoms with van der Waals surface area (Å²) in [7, 11) is 0. The second kappa shape index (κ2) is 5.02. The third-order valence-electron chi connectivity index (χ3n) is 4.10. The van der Waals surface area contributed by atoms with E-state index in [1.54, 1.807) is 0 Å². The van der Waals surface area contributed by atoms with Gasteiger partial charge in [-0.1, -0.05) is 0 Å². The molecule has 0 radical (unpaired) electrons. The molecule has 1 saturated carbocycles. The summed E-state index contributed by atoms with van der Waals surface area (Å²) in [5.41, 5.74) is 2.71. The number of aryl methyl sites for hydroxylation is 2. The Morgan fingerprint density at radius 2 is 2.17 bits per heavy atom. The molecule has 0 aliphatic heterocycles. The van der Waals surface area contributed by atoms with Crippen LogP contribution in [0.2, 0.25) is 0 Å². The maximum atomic E-state index is 9.50. The minimum absolute atomic E-state index is 0.177. The molecule has 0 amide bonds. The monoisotopic (exact) mass is 249 g/mol. The number of rotatable bonds is 5. The summed E-state index contributed by atoms with van der Waals surface area (Å²) >= 11 is 0. The number of nitrogens with zero attached hydrogens (tertiary/aromatic N) is 2. The van der Waals surface area contributed by atoms with Crippen molar-refractivity contribution in [2.24, 2.45) is 0 Å². The summed E-state index contributed by atoms with van der Waals surface area (Å²) in [6, 6.07) is 0.818. The Balaban J connectivity index is 1.75. The molecule has 4 heteroatoms. The highest BCUT2D eigenvalue weighted by atomic mass is 16.3. The number of aliphatic hydroxyl groups is 1. The van der Waals surface area contributed by atoms with Gasteiger partial charge in [-0.3, -0.25) is 0 Å². The highest BCUT2D eigenvalue weighted by Gasteiger charge is 2.26. The molecule has 1 unspecified atom stereocenters. The van der Waals surface area contributed by atoms with Gasteiger partial charge in [0, 0.05) is 24.3 Å². The SMILES string of the molecule is Cc1nc2c(n1CC(CO)NC1CC1)CCCC2.